The quantitative estimate of drug-likeness (QED) is 0.744. The summed E-state index contributed by atoms with van der Waals surface area (Å²) in [5.41, 5.74) is 0.321. The lowest BCUT2D eigenvalue weighted by molar-refractivity contribution is -0.137. The van der Waals surface area contributed by atoms with E-state index in [-0.39, 0.29) is 0 Å². The molecule has 74 valence electrons. The first-order valence-corrected chi connectivity index (χ1v) is 4.76. The fourth-order valence-corrected chi connectivity index (χ4v) is 1.94. The number of imidazole rings is 1. The number of alkyl halides is 3. The Morgan fingerprint density at radius 3 is 2.64 bits per heavy atom. The Kier molecular flexibility index (Phi) is 2.17. The molecule has 0 bridgehead atoms. The molecule has 0 unspecified atom stereocenters. The molecule has 2 nitrogen and oxygen atoms in total. The van der Waals surface area contributed by atoms with Gasteiger partial charge >= 0.3 is 6.18 Å². The van der Waals surface area contributed by atoms with E-state index < -0.39 is 11.7 Å². The minimum Gasteiger partial charge on any atom is -0.345 e. The predicted molar refractivity (Wildman–Crippen MR) is 53.8 cm³/mol. The first-order chi connectivity index (χ1) is 6.48. The van der Waals surface area contributed by atoms with Gasteiger partial charge in [0.2, 0.25) is 0 Å². The van der Waals surface area contributed by atoms with Crippen molar-refractivity contribution < 1.29 is 13.2 Å². The van der Waals surface area contributed by atoms with Gasteiger partial charge in [-0.15, -0.1) is 0 Å². The van der Waals surface area contributed by atoms with Crippen molar-refractivity contribution in [1.29, 1.82) is 0 Å². The van der Waals surface area contributed by atoms with Crippen LogP contribution < -0.4 is 0 Å². The Bertz CT molecular complexity index is 475. The normalized spacial score (nSPS) is 12.3. The van der Waals surface area contributed by atoms with Gasteiger partial charge in [-0.1, -0.05) is 0 Å². The van der Waals surface area contributed by atoms with Gasteiger partial charge in [0.1, 0.15) is 5.52 Å². The molecular weight excluding hydrogens is 308 g/mol. The van der Waals surface area contributed by atoms with Crippen molar-refractivity contribution in [3.8, 4) is 0 Å². The van der Waals surface area contributed by atoms with Crippen LogP contribution in [0.25, 0.3) is 11.0 Å². The van der Waals surface area contributed by atoms with Crippen LogP contribution in [0, 0.1) is 3.57 Å². The predicted octanol–water partition coefficient (Wildman–Crippen LogP) is 3.19. The molecule has 0 saturated carbocycles. The van der Waals surface area contributed by atoms with Gasteiger partial charge in [-0.3, -0.25) is 0 Å². The third kappa shape index (κ3) is 1.58. The number of aromatic amines is 1. The summed E-state index contributed by atoms with van der Waals surface area (Å²) < 4.78 is 37.6. The summed E-state index contributed by atoms with van der Waals surface area (Å²) in [5, 5.41) is 0. The van der Waals surface area contributed by atoms with Gasteiger partial charge in [-0.2, -0.15) is 13.2 Å². The van der Waals surface area contributed by atoms with Crippen LogP contribution >= 0.6 is 22.6 Å². The van der Waals surface area contributed by atoms with Crippen molar-refractivity contribution in [2.75, 3.05) is 0 Å². The van der Waals surface area contributed by atoms with Crippen LogP contribution in [0.2, 0.25) is 0 Å². The molecule has 14 heavy (non-hydrogen) atoms. The van der Waals surface area contributed by atoms with Crippen molar-refractivity contribution in [3.63, 3.8) is 0 Å². The largest absolute Gasteiger partial charge is 0.416 e. The average molecular weight is 312 g/mol. The van der Waals surface area contributed by atoms with Crippen LogP contribution in [-0.4, -0.2) is 9.97 Å². The Balaban J connectivity index is 2.70. The van der Waals surface area contributed by atoms with Crippen LogP contribution in [0.1, 0.15) is 5.56 Å². The number of fused-ring (bicyclic) bond motifs is 1. The van der Waals surface area contributed by atoms with Crippen molar-refractivity contribution in [1.82, 2.24) is 9.97 Å². The second kappa shape index (κ2) is 3.11. The first-order valence-electron chi connectivity index (χ1n) is 3.68. The van der Waals surface area contributed by atoms with E-state index >= 15 is 0 Å². The van der Waals surface area contributed by atoms with Gasteiger partial charge in [-0.25, -0.2) is 4.98 Å². The number of rotatable bonds is 0. The number of aromatic nitrogens is 2. The van der Waals surface area contributed by atoms with Gasteiger partial charge in [0.15, 0.2) is 0 Å². The summed E-state index contributed by atoms with van der Waals surface area (Å²) in [6, 6.07) is 2.15. The Labute approximate surface area is 90.7 Å². The number of benzene rings is 1. The van der Waals surface area contributed by atoms with Gasteiger partial charge < -0.3 is 4.98 Å². The zero-order chi connectivity index (χ0) is 10.3. The highest BCUT2D eigenvalue weighted by Crippen LogP contribution is 2.32. The second-order valence-corrected chi connectivity index (χ2v) is 3.92. The SMILES string of the molecule is FC(F)(F)c1cc(I)c2nc[nH]c2c1. The van der Waals surface area contributed by atoms with E-state index in [0.29, 0.717) is 14.6 Å². The molecule has 0 aliphatic rings. The molecule has 0 radical (unpaired) electrons. The monoisotopic (exact) mass is 312 g/mol. The molecule has 1 heterocycles. The third-order valence-electron chi connectivity index (χ3n) is 1.80. The summed E-state index contributed by atoms with van der Waals surface area (Å²) in [6.07, 6.45) is -2.92. The van der Waals surface area contributed by atoms with E-state index in [1.54, 1.807) is 0 Å². The number of nitrogens with zero attached hydrogens (tertiary/aromatic N) is 1. The molecule has 1 aromatic carbocycles. The lowest BCUT2D eigenvalue weighted by Crippen LogP contribution is -2.05. The molecule has 0 aliphatic carbocycles. The molecule has 0 atom stereocenters. The summed E-state index contributed by atoms with van der Waals surface area (Å²) >= 11 is 1.84. The number of hydrogen-bond donors (Lipinski definition) is 1. The highest BCUT2D eigenvalue weighted by Gasteiger charge is 2.31. The minimum absolute atomic E-state index is 0.407. The van der Waals surface area contributed by atoms with E-state index in [0.717, 1.165) is 12.1 Å². The van der Waals surface area contributed by atoms with E-state index in [9.17, 15) is 13.2 Å². The molecular formula is C8H4F3IN2. The first kappa shape index (κ1) is 9.75. The number of H-pyrrole nitrogens is 1. The number of nitrogens with one attached hydrogen (secondary N) is 1. The van der Waals surface area contributed by atoms with Crippen molar-refractivity contribution >= 4 is 33.6 Å². The van der Waals surface area contributed by atoms with Crippen LogP contribution in [0.4, 0.5) is 13.2 Å². The lowest BCUT2D eigenvalue weighted by Gasteiger charge is -2.06. The minimum atomic E-state index is -4.31. The lowest BCUT2D eigenvalue weighted by atomic mass is 10.2. The third-order valence-corrected chi connectivity index (χ3v) is 2.63. The maximum atomic E-state index is 12.4. The number of hydrogen-bond acceptors (Lipinski definition) is 1. The van der Waals surface area contributed by atoms with Gasteiger partial charge in [0.25, 0.3) is 0 Å². The molecule has 2 rings (SSSR count). The molecule has 1 aromatic heterocycles. The Hall–Kier alpha value is -0.790. The van der Waals surface area contributed by atoms with Crippen LogP contribution in [0.5, 0.6) is 0 Å². The zero-order valence-corrected chi connectivity index (χ0v) is 8.85. The average Bonchev–Trinajstić information content (AvgIpc) is 2.50. The highest BCUT2D eigenvalue weighted by atomic mass is 127. The summed E-state index contributed by atoms with van der Waals surface area (Å²) in [6.45, 7) is 0. The van der Waals surface area contributed by atoms with Gasteiger partial charge in [-0.05, 0) is 34.7 Å². The summed E-state index contributed by atoms with van der Waals surface area (Å²) in [4.78, 5) is 6.57. The summed E-state index contributed by atoms with van der Waals surface area (Å²) in [7, 11) is 0. The highest BCUT2D eigenvalue weighted by molar-refractivity contribution is 14.1. The van der Waals surface area contributed by atoms with Gasteiger partial charge in [0.05, 0.1) is 17.4 Å². The Morgan fingerprint density at radius 2 is 2.00 bits per heavy atom. The van der Waals surface area contributed by atoms with Crippen LogP contribution in [0.15, 0.2) is 18.5 Å². The molecule has 0 saturated heterocycles. The molecule has 0 fully saturated rings. The molecule has 0 amide bonds. The van der Waals surface area contributed by atoms with Crippen LogP contribution in [0.3, 0.4) is 0 Å². The topological polar surface area (TPSA) is 28.7 Å². The van der Waals surface area contributed by atoms with E-state index in [4.69, 9.17) is 0 Å². The molecule has 6 heteroatoms. The maximum absolute atomic E-state index is 12.4. The van der Waals surface area contributed by atoms with Crippen molar-refractivity contribution in [2.24, 2.45) is 0 Å². The zero-order valence-electron chi connectivity index (χ0n) is 6.69. The van der Waals surface area contributed by atoms with E-state index in [1.165, 1.54) is 6.33 Å². The molecule has 2 aromatic rings. The van der Waals surface area contributed by atoms with Crippen molar-refractivity contribution in [3.05, 3.63) is 27.6 Å². The smallest absolute Gasteiger partial charge is 0.345 e. The standard InChI is InChI=1S/C8H4F3IN2/c9-8(10,11)4-1-5(12)7-6(2-4)13-3-14-7/h1-3H,(H,13,14). The molecule has 0 aliphatic heterocycles. The number of halogens is 4. The van der Waals surface area contributed by atoms with E-state index in [2.05, 4.69) is 9.97 Å². The van der Waals surface area contributed by atoms with Crippen molar-refractivity contribution in [2.45, 2.75) is 6.18 Å². The fraction of sp³-hybridized carbons (Fsp3) is 0.125. The molecule has 0 spiro atoms. The second-order valence-electron chi connectivity index (χ2n) is 2.75. The van der Waals surface area contributed by atoms with Gasteiger partial charge in [0, 0.05) is 3.57 Å². The van der Waals surface area contributed by atoms with E-state index in [1.807, 2.05) is 22.6 Å². The molecule has 1 N–H and O–H groups in total. The maximum Gasteiger partial charge on any atom is 0.416 e. The Morgan fingerprint density at radius 1 is 1.29 bits per heavy atom. The van der Waals surface area contributed by atoms with Crippen LogP contribution in [-0.2, 0) is 6.18 Å². The summed E-state index contributed by atoms with van der Waals surface area (Å²) in [5.74, 6) is 0. The fourth-order valence-electron chi connectivity index (χ4n) is 1.17.